The summed E-state index contributed by atoms with van der Waals surface area (Å²) in [4.78, 5) is 14.6. The van der Waals surface area contributed by atoms with Crippen LogP contribution >= 0.6 is 0 Å². The largest absolute Gasteiger partial charge is 0.497 e. The lowest BCUT2D eigenvalue weighted by atomic mass is 9.87. The van der Waals surface area contributed by atoms with Crippen LogP contribution in [0.1, 0.15) is 30.7 Å². The molecule has 0 amide bonds. The minimum atomic E-state index is -0.191. The Morgan fingerprint density at radius 3 is 2.56 bits per heavy atom. The minimum Gasteiger partial charge on any atom is -0.497 e. The highest BCUT2D eigenvalue weighted by Gasteiger charge is 2.28. The van der Waals surface area contributed by atoms with Crippen LogP contribution in [0.5, 0.6) is 11.5 Å². The van der Waals surface area contributed by atoms with Crippen molar-refractivity contribution in [3.8, 4) is 11.5 Å². The molecule has 0 saturated carbocycles. The molecule has 0 radical (unpaired) electrons. The Bertz CT molecular complexity index is 701. The molecule has 1 heterocycles. The molecule has 0 bridgehead atoms. The van der Waals surface area contributed by atoms with E-state index in [-0.39, 0.29) is 12.0 Å². The normalized spacial score (nSPS) is 20.9. The van der Waals surface area contributed by atoms with Crippen molar-refractivity contribution >= 4 is 5.97 Å². The van der Waals surface area contributed by atoms with Gasteiger partial charge in [-0.05, 0) is 43.5 Å². The van der Waals surface area contributed by atoms with Gasteiger partial charge in [0.1, 0.15) is 11.5 Å². The highest BCUT2D eigenvalue weighted by Crippen LogP contribution is 2.30. The monoisotopic (exact) mass is 339 g/mol. The molecule has 1 aliphatic heterocycles. The van der Waals surface area contributed by atoms with Gasteiger partial charge in [-0.3, -0.25) is 4.79 Å². The molecule has 0 spiro atoms. The minimum absolute atomic E-state index is 0.191. The van der Waals surface area contributed by atoms with Crippen molar-refractivity contribution in [3.63, 3.8) is 0 Å². The van der Waals surface area contributed by atoms with Crippen LogP contribution in [0.2, 0.25) is 0 Å². The molecular formula is C21H25NO3. The Morgan fingerprint density at radius 2 is 1.84 bits per heavy atom. The molecule has 132 valence electrons. The zero-order chi connectivity index (χ0) is 17.6. The fraction of sp³-hybridized carbons (Fsp3) is 0.381. The molecule has 0 N–H and O–H groups in total. The quantitative estimate of drug-likeness (QED) is 0.612. The molecule has 4 nitrogen and oxygen atoms in total. The first-order chi connectivity index (χ1) is 12.2. The van der Waals surface area contributed by atoms with E-state index in [4.69, 9.17) is 9.47 Å². The third-order valence-corrected chi connectivity index (χ3v) is 4.93. The molecule has 1 aliphatic rings. The number of ether oxygens (including phenoxy) is 2. The van der Waals surface area contributed by atoms with Crippen molar-refractivity contribution < 1.29 is 14.3 Å². The molecule has 1 fully saturated rings. The third kappa shape index (κ3) is 4.60. The lowest BCUT2D eigenvalue weighted by Crippen LogP contribution is -2.41. The lowest BCUT2D eigenvalue weighted by Gasteiger charge is -2.37. The number of benzene rings is 2. The Labute approximate surface area is 149 Å². The van der Waals surface area contributed by atoms with Gasteiger partial charge in [0.05, 0.1) is 13.5 Å². The van der Waals surface area contributed by atoms with Gasteiger partial charge >= 0.3 is 5.97 Å². The van der Waals surface area contributed by atoms with Crippen LogP contribution in [0.15, 0.2) is 54.6 Å². The number of likely N-dealkylation sites (N-methyl/N-ethyl adjacent to an activating group) is 1. The molecule has 3 rings (SSSR count). The van der Waals surface area contributed by atoms with E-state index in [2.05, 4.69) is 36.2 Å². The third-order valence-electron chi connectivity index (χ3n) is 4.93. The topological polar surface area (TPSA) is 38.8 Å². The van der Waals surface area contributed by atoms with Crippen LogP contribution < -0.4 is 9.47 Å². The molecule has 2 aromatic rings. The van der Waals surface area contributed by atoms with Crippen LogP contribution in [0.25, 0.3) is 0 Å². The van der Waals surface area contributed by atoms with Gasteiger partial charge in [-0.15, -0.1) is 0 Å². The summed E-state index contributed by atoms with van der Waals surface area (Å²) in [5, 5.41) is 0. The average molecular weight is 339 g/mol. The van der Waals surface area contributed by atoms with E-state index in [1.54, 1.807) is 19.2 Å². The molecule has 25 heavy (non-hydrogen) atoms. The predicted octanol–water partition coefficient (Wildman–Crippen LogP) is 3.87. The number of rotatable bonds is 5. The summed E-state index contributed by atoms with van der Waals surface area (Å²) in [5.74, 6) is 1.57. The summed E-state index contributed by atoms with van der Waals surface area (Å²) in [6.07, 6.45) is 2.52. The SMILES string of the molecule is COc1cccc(OC(=O)C[C@H]2CC[C@@H](c3ccccc3)CN2C)c1. The number of carbonyl (C=O) groups excluding carboxylic acids is 1. The van der Waals surface area contributed by atoms with Crippen molar-refractivity contribution in [3.05, 3.63) is 60.2 Å². The molecule has 0 aromatic heterocycles. The lowest BCUT2D eigenvalue weighted by molar-refractivity contribution is -0.136. The molecule has 0 unspecified atom stereocenters. The Morgan fingerprint density at radius 1 is 1.08 bits per heavy atom. The smallest absolute Gasteiger partial charge is 0.312 e. The zero-order valence-electron chi connectivity index (χ0n) is 14.9. The molecule has 1 saturated heterocycles. The van der Waals surface area contributed by atoms with Crippen molar-refractivity contribution in [2.24, 2.45) is 0 Å². The van der Waals surface area contributed by atoms with Crippen molar-refractivity contribution in [2.45, 2.75) is 31.2 Å². The molecule has 4 heteroatoms. The van der Waals surface area contributed by atoms with Crippen LogP contribution in [-0.4, -0.2) is 37.6 Å². The maximum absolute atomic E-state index is 12.3. The molecular weight excluding hydrogens is 314 g/mol. The fourth-order valence-corrected chi connectivity index (χ4v) is 3.49. The second-order valence-corrected chi connectivity index (χ2v) is 6.64. The van der Waals surface area contributed by atoms with Gasteiger partial charge in [-0.25, -0.2) is 0 Å². The maximum Gasteiger partial charge on any atom is 0.312 e. The molecule has 0 aliphatic carbocycles. The van der Waals surface area contributed by atoms with Crippen molar-refractivity contribution in [2.75, 3.05) is 20.7 Å². The van der Waals surface area contributed by atoms with Gasteiger partial charge in [0.15, 0.2) is 0 Å². The van der Waals surface area contributed by atoms with E-state index >= 15 is 0 Å². The summed E-state index contributed by atoms with van der Waals surface area (Å²) in [7, 11) is 3.69. The van der Waals surface area contributed by atoms with Crippen LogP contribution in [0, 0.1) is 0 Å². The highest BCUT2D eigenvalue weighted by atomic mass is 16.5. The first-order valence-corrected chi connectivity index (χ1v) is 8.75. The number of methoxy groups -OCH3 is 1. The van der Waals surface area contributed by atoms with Crippen molar-refractivity contribution in [1.82, 2.24) is 4.90 Å². The molecule has 2 aromatic carbocycles. The van der Waals surface area contributed by atoms with Gasteiger partial charge in [-0.2, -0.15) is 0 Å². The van der Waals surface area contributed by atoms with E-state index in [0.717, 1.165) is 19.4 Å². The summed E-state index contributed by atoms with van der Waals surface area (Å²) < 4.78 is 10.6. The van der Waals surface area contributed by atoms with Gasteiger partial charge in [0.25, 0.3) is 0 Å². The molecule has 2 atom stereocenters. The number of piperidine rings is 1. The van der Waals surface area contributed by atoms with E-state index < -0.39 is 0 Å². The van der Waals surface area contributed by atoms with Gasteiger partial charge in [0.2, 0.25) is 0 Å². The Hall–Kier alpha value is -2.33. The highest BCUT2D eigenvalue weighted by molar-refractivity contribution is 5.73. The zero-order valence-corrected chi connectivity index (χ0v) is 14.9. The van der Waals surface area contributed by atoms with Gasteiger partial charge in [0, 0.05) is 18.7 Å². The summed E-state index contributed by atoms with van der Waals surface area (Å²) in [5.41, 5.74) is 1.38. The Balaban J connectivity index is 1.54. The van der Waals surface area contributed by atoms with E-state index in [9.17, 15) is 4.79 Å². The van der Waals surface area contributed by atoms with Crippen LogP contribution in [0.4, 0.5) is 0 Å². The number of nitrogens with zero attached hydrogens (tertiary/aromatic N) is 1. The van der Waals surface area contributed by atoms with Crippen LogP contribution in [-0.2, 0) is 4.79 Å². The average Bonchev–Trinajstić information content (AvgIpc) is 2.64. The van der Waals surface area contributed by atoms with E-state index in [1.165, 1.54) is 5.56 Å². The number of hydrogen-bond donors (Lipinski definition) is 0. The first-order valence-electron chi connectivity index (χ1n) is 8.75. The van der Waals surface area contributed by atoms with Gasteiger partial charge < -0.3 is 14.4 Å². The maximum atomic E-state index is 12.3. The number of likely N-dealkylation sites (tertiary alicyclic amines) is 1. The Kier molecular flexibility index (Phi) is 5.71. The summed E-state index contributed by atoms with van der Waals surface area (Å²) in [6.45, 7) is 0.973. The predicted molar refractivity (Wildman–Crippen MR) is 98.1 cm³/mol. The standard InChI is InChI=1S/C21H25NO3/c1-22-15-17(16-7-4-3-5-8-16)11-12-18(22)13-21(23)25-20-10-6-9-19(14-20)24-2/h3-10,14,17-18H,11-13,15H2,1-2H3/t17-,18-/m1/s1. The van der Waals surface area contributed by atoms with Crippen molar-refractivity contribution in [1.29, 1.82) is 0 Å². The fourth-order valence-electron chi connectivity index (χ4n) is 3.49. The second-order valence-electron chi connectivity index (χ2n) is 6.64. The summed E-state index contributed by atoms with van der Waals surface area (Å²) >= 11 is 0. The van der Waals surface area contributed by atoms with E-state index in [1.807, 2.05) is 18.2 Å². The van der Waals surface area contributed by atoms with E-state index in [0.29, 0.717) is 23.8 Å². The number of hydrogen-bond acceptors (Lipinski definition) is 4. The number of esters is 1. The van der Waals surface area contributed by atoms with Crippen LogP contribution in [0.3, 0.4) is 0 Å². The second kappa shape index (κ2) is 8.17. The first kappa shape index (κ1) is 17.5. The summed E-state index contributed by atoms with van der Waals surface area (Å²) in [6, 6.07) is 18.0. The van der Waals surface area contributed by atoms with Gasteiger partial charge in [-0.1, -0.05) is 36.4 Å². The number of carbonyl (C=O) groups is 1.